The summed E-state index contributed by atoms with van der Waals surface area (Å²) in [5.74, 6) is 2.30. The molecular formula is C12H14BrN3. The highest BCUT2D eigenvalue weighted by atomic mass is 79.9. The Morgan fingerprint density at radius 2 is 1.88 bits per heavy atom. The van der Waals surface area contributed by atoms with Gasteiger partial charge in [0.15, 0.2) is 0 Å². The highest BCUT2D eigenvalue weighted by molar-refractivity contribution is 9.08. The van der Waals surface area contributed by atoms with Crippen LogP contribution in [0.2, 0.25) is 0 Å². The van der Waals surface area contributed by atoms with Crippen molar-refractivity contribution in [2.75, 3.05) is 0 Å². The molecule has 0 saturated heterocycles. The summed E-state index contributed by atoms with van der Waals surface area (Å²) in [6.45, 7) is 4.25. The molecule has 4 heteroatoms. The molecule has 0 N–H and O–H groups in total. The lowest BCUT2D eigenvalue weighted by atomic mass is 10.2. The highest BCUT2D eigenvalue weighted by Gasteiger charge is 2.14. The maximum absolute atomic E-state index is 4.25. The molecule has 84 valence electrons. The van der Waals surface area contributed by atoms with Crippen molar-refractivity contribution in [1.82, 2.24) is 14.8 Å². The third-order valence-electron chi connectivity index (χ3n) is 2.41. The maximum atomic E-state index is 4.25. The molecule has 0 atom stereocenters. The molecule has 0 aliphatic rings. The Balaban J connectivity index is 2.57. The van der Waals surface area contributed by atoms with E-state index in [0.717, 1.165) is 17.3 Å². The van der Waals surface area contributed by atoms with E-state index in [4.69, 9.17) is 0 Å². The molecule has 1 aromatic heterocycles. The summed E-state index contributed by atoms with van der Waals surface area (Å²) in [5.41, 5.74) is 1.12. The van der Waals surface area contributed by atoms with E-state index in [0.29, 0.717) is 11.2 Å². The second kappa shape index (κ2) is 4.78. The van der Waals surface area contributed by atoms with Crippen LogP contribution in [-0.4, -0.2) is 14.8 Å². The van der Waals surface area contributed by atoms with Gasteiger partial charge in [0.2, 0.25) is 0 Å². The van der Waals surface area contributed by atoms with Crippen molar-refractivity contribution < 1.29 is 0 Å². The van der Waals surface area contributed by atoms with Crippen LogP contribution in [0.3, 0.4) is 0 Å². The van der Waals surface area contributed by atoms with Crippen LogP contribution in [0.5, 0.6) is 0 Å². The topological polar surface area (TPSA) is 30.7 Å². The lowest BCUT2D eigenvalue weighted by Crippen LogP contribution is -2.05. The fraction of sp³-hybridized carbons (Fsp3) is 0.333. The standard InChI is InChI=1S/C12H14BrN3/c1-9(2)12-15-14-11(8-13)16(12)10-6-4-3-5-7-10/h3-7,9H,8H2,1-2H3. The Bertz CT molecular complexity index is 462. The SMILES string of the molecule is CC(C)c1nnc(CBr)n1-c1ccccc1. The fourth-order valence-corrected chi connectivity index (χ4v) is 2.01. The van der Waals surface area contributed by atoms with E-state index in [-0.39, 0.29) is 0 Å². The predicted octanol–water partition coefficient (Wildman–Crippen LogP) is 3.29. The van der Waals surface area contributed by atoms with Crippen molar-refractivity contribution in [3.63, 3.8) is 0 Å². The van der Waals surface area contributed by atoms with Crippen LogP contribution in [-0.2, 0) is 5.33 Å². The lowest BCUT2D eigenvalue weighted by Gasteiger charge is -2.10. The number of hydrogen-bond donors (Lipinski definition) is 0. The van der Waals surface area contributed by atoms with Crippen molar-refractivity contribution >= 4 is 15.9 Å². The van der Waals surface area contributed by atoms with Gasteiger partial charge in [-0.2, -0.15) is 0 Å². The van der Waals surface area contributed by atoms with E-state index in [1.165, 1.54) is 0 Å². The van der Waals surface area contributed by atoms with E-state index in [2.05, 4.69) is 56.7 Å². The van der Waals surface area contributed by atoms with E-state index >= 15 is 0 Å². The summed E-state index contributed by atoms with van der Waals surface area (Å²) in [6, 6.07) is 10.2. The summed E-state index contributed by atoms with van der Waals surface area (Å²) in [6.07, 6.45) is 0. The van der Waals surface area contributed by atoms with Gasteiger partial charge in [-0.25, -0.2) is 0 Å². The van der Waals surface area contributed by atoms with E-state index in [1.807, 2.05) is 18.2 Å². The van der Waals surface area contributed by atoms with Gasteiger partial charge in [0, 0.05) is 11.6 Å². The molecule has 0 aliphatic carbocycles. The Labute approximate surface area is 104 Å². The number of hydrogen-bond acceptors (Lipinski definition) is 2. The Morgan fingerprint density at radius 3 is 2.44 bits per heavy atom. The summed E-state index contributed by atoms with van der Waals surface area (Å²) < 4.78 is 2.11. The van der Waals surface area contributed by atoms with Gasteiger partial charge < -0.3 is 0 Å². The van der Waals surface area contributed by atoms with Crippen molar-refractivity contribution in [3.05, 3.63) is 42.0 Å². The zero-order valence-electron chi connectivity index (χ0n) is 9.39. The van der Waals surface area contributed by atoms with Crippen LogP contribution < -0.4 is 0 Å². The average Bonchev–Trinajstić information content (AvgIpc) is 2.73. The van der Waals surface area contributed by atoms with Crippen molar-refractivity contribution in [2.45, 2.75) is 25.1 Å². The molecule has 0 unspecified atom stereocenters. The van der Waals surface area contributed by atoms with Crippen LogP contribution in [0.4, 0.5) is 0 Å². The molecule has 0 bridgehead atoms. The molecule has 3 nitrogen and oxygen atoms in total. The van der Waals surface area contributed by atoms with Gasteiger partial charge in [-0.3, -0.25) is 4.57 Å². The minimum absolute atomic E-state index is 0.362. The second-order valence-electron chi connectivity index (χ2n) is 3.93. The zero-order chi connectivity index (χ0) is 11.5. The van der Waals surface area contributed by atoms with Crippen molar-refractivity contribution in [1.29, 1.82) is 0 Å². The molecule has 0 fully saturated rings. The van der Waals surface area contributed by atoms with Crippen LogP contribution in [0.15, 0.2) is 30.3 Å². The van der Waals surface area contributed by atoms with Gasteiger partial charge in [0.05, 0.1) is 5.33 Å². The normalized spacial score (nSPS) is 11.0. The highest BCUT2D eigenvalue weighted by Crippen LogP contribution is 2.20. The van der Waals surface area contributed by atoms with Gasteiger partial charge in [0.25, 0.3) is 0 Å². The predicted molar refractivity (Wildman–Crippen MR) is 68.1 cm³/mol. The molecule has 1 heterocycles. The lowest BCUT2D eigenvalue weighted by molar-refractivity contribution is 0.741. The number of nitrogens with zero attached hydrogens (tertiary/aromatic N) is 3. The molecule has 0 saturated carbocycles. The van der Waals surface area contributed by atoms with Crippen LogP contribution in [0.1, 0.15) is 31.4 Å². The molecule has 0 amide bonds. The minimum atomic E-state index is 0.362. The Kier molecular flexibility index (Phi) is 3.39. The molecule has 0 spiro atoms. The van der Waals surface area contributed by atoms with E-state index < -0.39 is 0 Å². The molecular weight excluding hydrogens is 266 g/mol. The number of aromatic nitrogens is 3. The van der Waals surface area contributed by atoms with E-state index in [1.54, 1.807) is 0 Å². The molecule has 0 aliphatic heterocycles. The summed E-state index contributed by atoms with van der Waals surface area (Å²) in [5, 5.41) is 9.15. The van der Waals surface area contributed by atoms with Gasteiger partial charge in [0.1, 0.15) is 11.6 Å². The van der Waals surface area contributed by atoms with Gasteiger partial charge in [-0.05, 0) is 12.1 Å². The minimum Gasteiger partial charge on any atom is -0.282 e. The second-order valence-corrected chi connectivity index (χ2v) is 4.49. The molecule has 2 rings (SSSR count). The largest absolute Gasteiger partial charge is 0.282 e. The first-order chi connectivity index (χ1) is 7.74. The molecule has 1 aromatic carbocycles. The Morgan fingerprint density at radius 1 is 1.19 bits per heavy atom. The van der Waals surface area contributed by atoms with Gasteiger partial charge in [-0.15, -0.1) is 10.2 Å². The fourth-order valence-electron chi connectivity index (χ4n) is 1.65. The first kappa shape index (κ1) is 11.3. The Hall–Kier alpha value is -1.16. The third kappa shape index (κ3) is 2.02. The monoisotopic (exact) mass is 279 g/mol. The maximum Gasteiger partial charge on any atom is 0.148 e. The number of benzene rings is 1. The molecule has 0 radical (unpaired) electrons. The summed E-state index contributed by atoms with van der Waals surface area (Å²) >= 11 is 3.44. The quantitative estimate of drug-likeness (QED) is 0.808. The zero-order valence-corrected chi connectivity index (χ0v) is 11.0. The smallest absolute Gasteiger partial charge is 0.148 e. The van der Waals surface area contributed by atoms with Crippen LogP contribution in [0, 0.1) is 0 Å². The number of alkyl halides is 1. The number of para-hydroxylation sites is 1. The van der Waals surface area contributed by atoms with E-state index in [9.17, 15) is 0 Å². The first-order valence-electron chi connectivity index (χ1n) is 5.29. The van der Waals surface area contributed by atoms with Crippen LogP contribution in [0.25, 0.3) is 5.69 Å². The average molecular weight is 280 g/mol. The number of halogens is 1. The van der Waals surface area contributed by atoms with Crippen molar-refractivity contribution in [2.24, 2.45) is 0 Å². The third-order valence-corrected chi connectivity index (χ3v) is 2.91. The van der Waals surface area contributed by atoms with Crippen LogP contribution >= 0.6 is 15.9 Å². The summed E-state index contributed by atoms with van der Waals surface area (Å²) in [4.78, 5) is 0. The summed E-state index contributed by atoms with van der Waals surface area (Å²) in [7, 11) is 0. The van der Waals surface area contributed by atoms with Crippen molar-refractivity contribution in [3.8, 4) is 5.69 Å². The number of rotatable bonds is 3. The first-order valence-corrected chi connectivity index (χ1v) is 6.41. The molecule has 2 aromatic rings. The van der Waals surface area contributed by atoms with Gasteiger partial charge in [-0.1, -0.05) is 48.0 Å². The van der Waals surface area contributed by atoms with Gasteiger partial charge >= 0.3 is 0 Å². The molecule has 16 heavy (non-hydrogen) atoms.